The van der Waals surface area contributed by atoms with E-state index in [9.17, 15) is 4.79 Å². The normalized spacial score (nSPS) is 16.2. The van der Waals surface area contributed by atoms with Crippen molar-refractivity contribution in [2.24, 2.45) is 0 Å². The number of nitrogens with zero attached hydrogens (tertiary/aromatic N) is 1. The number of hydrogen-bond acceptors (Lipinski definition) is 3. The Balaban J connectivity index is 2.26. The molecule has 0 aliphatic carbocycles. The van der Waals surface area contributed by atoms with Gasteiger partial charge in [0.15, 0.2) is 0 Å². The third-order valence-corrected chi connectivity index (χ3v) is 1.63. The molecule has 0 aromatic rings. The van der Waals surface area contributed by atoms with E-state index in [1.807, 2.05) is 12.2 Å². The molecule has 0 aromatic heterocycles. The molecule has 0 atom stereocenters. The van der Waals surface area contributed by atoms with Gasteiger partial charge in [-0.05, 0) is 6.42 Å². The Kier molecular flexibility index (Phi) is 3.60. The summed E-state index contributed by atoms with van der Waals surface area (Å²) in [5, 5.41) is 8.40. The average Bonchev–Trinajstić information content (AvgIpc) is 2.15. The molecule has 1 N–H and O–H groups in total. The van der Waals surface area contributed by atoms with Crippen molar-refractivity contribution in [3.8, 4) is 0 Å². The molecule has 0 aromatic carbocycles. The summed E-state index contributed by atoms with van der Waals surface area (Å²) in [5.41, 5.74) is 0. The molecular weight excluding hydrogens is 158 g/mol. The molecule has 0 unspecified atom stereocenters. The predicted molar refractivity (Wildman–Crippen MR) is 43.8 cm³/mol. The van der Waals surface area contributed by atoms with Crippen molar-refractivity contribution < 1.29 is 14.6 Å². The minimum absolute atomic E-state index is 0.0824. The summed E-state index contributed by atoms with van der Waals surface area (Å²) in [6.45, 7) is 1.29. The van der Waals surface area contributed by atoms with E-state index in [2.05, 4.69) is 0 Å². The van der Waals surface area contributed by atoms with E-state index in [0.717, 1.165) is 6.42 Å². The Bertz CT molecular complexity index is 179. The molecule has 1 aliphatic rings. The van der Waals surface area contributed by atoms with Crippen molar-refractivity contribution in [3.05, 3.63) is 12.2 Å². The molecule has 0 spiro atoms. The lowest BCUT2D eigenvalue weighted by Crippen LogP contribution is -2.34. The maximum Gasteiger partial charge on any atom is 0.410 e. The van der Waals surface area contributed by atoms with Crippen LogP contribution >= 0.6 is 0 Å². The van der Waals surface area contributed by atoms with E-state index < -0.39 is 0 Å². The number of ether oxygens (including phenoxy) is 1. The fourth-order valence-corrected chi connectivity index (χ4v) is 1.03. The fourth-order valence-electron chi connectivity index (χ4n) is 1.03. The highest BCUT2D eigenvalue weighted by Crippen LogP contribution is 2.02. The first-order chi connectivity index (χ1) is 5.84. The van der Waals surface area contributed by atoms with Gasteiger partial charge in [0.1, 0.15) is 6.61 Å². The van der Waals surface area contributed by atoms with Crippen LogP contribution in [0, 0.1) is 0 Å². The molecule has 4 heteroatoms. The topological polar surface area (TPSA) is 49.8 Å². The van der Waals surface area contributed by atoms with Crippen LogP contribution < -0.4 is 0 Å². The van der Waals surface area contributed by atoms with Crippen molar-refractivity contribution in [1.29, 1.82) is 0 Å². The SMILES string of the molecule is O=C(OCCO)N1CC=CCC1. The first kappa shape index (κ1) is 9.06. The van der Waals surface area contributed by atoms with Crippen molar-refractivity contribution >= 4 is 6.09 Å². The van der Waals surface area contributed by atoms with E-state index in [0.29, 0.717) is 13.1 Å². The third-order valence-electron chi connectivity index (χ3n) is 1.63. The number of carbonyl (C=O) groups excluding carboxylic acids is 1. The number of carbonyl (C=O) groups is 1. The van der Waals surface area contributed by atoms with Gasteiger partial charge < -0.3 is 14.7 Å². The van der Waals surface area contributed by atoms with E-state index in [-0.39, 0.29) is 19.3 Å². The van der Waals surface area contributed by atoms with Gasteiger partial charge in [-0.3, -0.25) is 0 Å². The van der Waals surface area contributed by atoms with Crippen LogP contribution in [0.4, 0.5) is 4.79 Å². The average molecular weight is 171 g/mol. The number of rotatable bonds is 2. The zero-order chi connectivity index (χ0) is 8.81. The quantitative estimate of drug-likeness (QED) is 0.611. The highest BCUT2D eigenvalue weighted by atomic mass is 16.6. The molecule has 0 saturated carbocycles. The summed E-state index contributed by atoms with van der Waals surface area (Å²) < 4.78 is 4.73. The molecule has 1 aliphatic heterocycles. The lowest BCUT2D eigenvalue weighted by Gasteiger charge is -2.22. The Morgan fingerprint density at radius 3 is 3.00 bits per heavy atom. The molecule has 12 heavy (non-hydrogen) atoms. The van der Waals surface area contributed by atoms with Gasteiger partial charge in [-0.15, -0.1) is 0 Å². The van der Waals surface area contributed by atoms with E-state index >= 15 is 0 Å². The lowest BCUT2D eigenvalue weighted by atomic mass is 10.3. The Morgan fingerprint density at radius 2 is 2.42 bits per heavy atom. The molecule has 0 fully saturated rings. The highest BCUT2D eigenvalue weighted by Gasteiger charge is 2.13. The zero-order valence-electron chi connectivity index (χ0n) is 6.90. The van der Waals surface area contributed by atoms with Crippen LogP contribution in [0.3, 0.4) is 0 Å². The molecule has 1 amide bonds. The van der Waals surface area contributed by atoms with Gasteiger partial charge in [0.25, 0.3) is 0 Å². The molecular formula is C8H13NO3. The van der Waals surface area contributed by atoms with Crippen molar-refractivity contribution in [1.82, 2.24) is 4.90 Å². The van der Waals surface area contributed by atoms with Crippen molar-refractivity contribution in [2.45, 2.75) is 6.42 Å². The maximum absolute atomic E-state index is 11.1. The molecule has 4 nitrogen and oxygen atoms in total. The molecule has 1 rings (SSSR count). The smallest absolute Gasteiger partial charge is 0.410 e. The van der Waals surface area contributed by atoms with Gasteiger partial charge in [-0.25, -0.2) is 4.79 Å². The summed E-state index contributed by atoms with van der Waals surface area (Å²) in [7, 11) is 0. The monoisotopic (exact) mass is 171 g/mol. The second-order valence-corrected chi connectivity index (χ2v) is 2.54. The number of amides is 1. The van der Waals surface area contributed by atoms with Gasteiger partial charge in [0.05, 0.1) is 6.61 Å². The van der Waals surface area contributed by atoms with E-state index in [1.54, 1.807) is 4.90 Å². The Hall–Kier alpha value is -1.03. The van der Waals surface area contributed by atoms with E-state index in [4.69, 9.17) is 9.84 Å². The van der Waals surface area contributed by atoms with Gasteiger partial charge in [-0.2, -0.15) is 0 Å². The first-order valence-corrected chi connectivity index (χ1v) is 4.02. The second-order valence-electron chi connectivity index (χ2n) is 2.54. The van der Waals surface area contributed by atoms with E-state index in [1.165, 1.54) is 0 Å². The van der Waals surface area contributed by atoms with Crippen LogP contribution in [-0.2, 0) is 4.74 Å². The Morgan fingerprint density at radius 1 is 1.58 bits per heavy atom. The predicted octanol–water partition coefficient (Wildman–Crippen LogP) is 0.377. The summed E-state index contributed by atoms with van der Waals surface area (Å²) in [6.07, 6.45) is 4.52. The third kappa shape index (κ3) is 2.54. The second kappa shape index (κ2) is 4.77. The van der Waals surface area contributed by atoms with Crippen LogP contribution in [0.2, 0.25) is 0 Å². The number of aliphatic hydroxyl groups excluding tert-OH is 1. The van der Waals surface area contributed by atoms with Gasteiger partial charge in [0, 0.05) is 13.1 Å². The Labute approximate surface area is 71.4 Å². The van der Waals surface area contributed by atoms with Crippen LogP contribution in [-0.4, -0.2) is 42.4 Å². The summed E-state index contributed by atoms with van der Waals surface area (Å²) in [6, 6.07) is 0. The molecule has 0 bridgehead atoms. The van der Waals surface area contributed by atoms with Crippen LogP contribution in [0.1, 0.15) is 6.42 Å². The maximum atomic E-state index is 11.1. The molecule has 0 radical (unpaired) electrons. The summed E-state index contributed by atoms with van der Waals surface area (Å²) >= 11 is 0. The summed E-state index contributed by atoms with van der Waals surface area (Å²) in [4.78, 5) is 12.7. The van der Waals surface area contributed by atoms with Crippen molar-refractivity contribution in [3.63, 3.8) is 0 Å². The van der Waals surface area contributed by atoms with Crippen molar-refractivity contribution in [2.75, 3.05) is 26.3 Å². The minimum atomic E-state index is -0.339. The molecule has 68 valence electrons. The summed E-state index contributed by atoms with van der Waals surface area (Å²) in [5.74, 6) is 0. The standard InChI is InChI=1S/C8H13NO3/c10-6-7-12-8(11)9-4-2-1-3-5-9/h1-2,10H,3-7H2. The highest BCUT2D eigenvalue weighted by molar-refractivity contribution is 5.68. The van der Waals surface area contributed by atoms with Crippen LogP contribution in [0.25, 0.3) is 0 Å². The van der Waals surface area contributed by atoms with Gasteiger partial charge in [-0.1, -0.05) is 12.2 Å². The van der Waals surface area contributed by atoms with Crippen LogP contribution in [0.5, 0.6) is 0 Å². The zero-order valence-corrected chi connectivity index (χ0v) is 6.90. The first-order valence-electron chi connectivity index (χ1n) is 4.02. The minimum Gasteiger partial charge on any atom is -0.447 e. The van der Waals surface area contributed by atoms with Gasteiger partial charge in [0.2, 0.25) is 0 Å². The number of aliphatic hydroxyl groups is 1. The lowest BCUT2D eigenvalue weighted by molar-refractivity contribution is 0.0868. The molecule has 0 saturated heterocycles. The van der Waals surface area contributed by atoms with Gasteiger partial charge >= 0.3 is 6.09 Å². The molecule has 1 heterocycles. The van der Waals surface area contributed by atoms with Crippen LogP contribution in [0.15, 0.2) is 12.2 Å². The largest absolute Gasteiger partial charge is 0.447 e. The fraction of sp³-hybridized carbons (Fsp3) is 0.625. The number of hydrogen-bond donors (Lipinski definition) is 1.